The van der Waals surface area contributed by atoms with Gasteiger partial charge in [-0.15, -0.1) is 0 Å². The van der Waals surface area contributed by atoms with Gasteiger partial charge in [0.05, 0.1) is 0 Å². The molecule has 0 aliphatic carbocycles. The van der Waals surface area contributed by atoms with E-state index in [4.69, 9.17) is 34.0 Å². The number of hydrogen-bond acceptors (Lipinski definition) is 2. The van der Waals surface area contributed by atoms with Crippen LogP contribution in [0.1, 0.15) is 5.76 Å². The Hall–Kier alpha value is -1.32. The topological polar surface area (TPSA) is 39.2 Å². The molecule has 0 bridgehead atoms. The van der Waals surface area contributed by atoms with Crippen LogP contribution in [0.25, 0.3) is 11.3 Å². The number of benzene rings is 1. The van der Waals surface area contributed by atoms with E-state index in [0.717, 1.165) is 11.3 Å². The zero-order valence-corrected chi connectivity index (χ0v) is 9.31. The largest absolute Gasteiger partial charge is 0.454 e. The number of rotatable bonds is 2. The third-order valence-electron chi connectivity index (χ3n) is 1.98. The average molecular weight is 238 g/mol. The van der Waals surface area contributed by atoms with Crippen LogP contribution in [-0.4, -0.2) is 4.99 Å². The van der Waals surface area contributed by atoms with Crippen molar-refractivity contribution in [2.75, 3.05) is 0 Å². The standard InChI is InChI=1S/C11H8ClNOS/c12-8-3-1-7(2-4-8)9-5-6-10(14-9)11(13)15/h1-6H,(H2,13,15). The first-order valence-electron chi connectivity index (χ1n) is 4.32. The highest BCUT2D eigenvalue weighted by atomic mass is 35.5. The maximum absolute atomic E-state index is 5.78. The molecule has 2 N–H and O–H groups in total. The lowest BCUT2D eigenvalue weighted by atomic mass is 10.2. The third-order valence-corrected chi connectivity index (χ3v) is 2.43. The van der Waals surface area contributed by atoms with Crippen molar-refractivity contribution in [1.82, 2.24) is 0 Å². The van der Waals surface area contributed by atoms with Gasteiger partial charge >= 0.3 is 0 Å². The SMILES string of the molecule is NC(=S)c1ccc(-c2ccc(Cl)cc2)o1. The Bertz CT molecular complexity index is 490. The predicted octanol–water partition coefficient (Wildman–Crippen LogP) is 3.23. The molecule has 2 aromatic rings. The summed E-state index contributed by atoms with van der Waals surface area (Å²) in [6, 6.07) is 11.0. The molecule has 1 heterocycles. The summed E-state index contributed by atoms with van der Waals surface area (Å²) in [5.74, 6) is 1.25. The Labute approximate surface area is 97.6 Å². The molecular weight excluding hydrogens is 230 g/mol. The molecule has 2 nitrogen and oxygen atoms in total. The van der Waals surface area contributed by atoms with E-state index < -0.39 is 0 Å². The van der Waals surface area contributed by atoms with Gasteiger partial charge in [-0.25, -0.2) is 0 Å². The van der Waals surface area contributed by atoms with E-state index in [9.17, 15) is 0 Å². The minimum Gasteiger partial charge on any atom is -0.454 e. The average Bonchev–Trinajstić information content (AvgIpc) is 2.68. The van der Waals surface area contributed by atoms with Crippen molar-refractivity contribution >= 4 is 28.8 Å². The van der Waals surface area contributed by atoms with E-state index in [1.165, 1.54) is 0 Å². The van der Waals surface area contributed by atoms with Crippen LogP contribution in [0.2, 0.25) is 5.02 Å². The van der Waals surface area contributed by atoms with Crippen LogP contribution in [-0.2, 0) is 0 Å². The second-order valence-electron chi connectivity index (χ2n) is 3.04. The van der Waals surface area contributed by atoms with Crippen molar-refractivity contribution in [3.8, 4) is 11.3 Å². The van der Waals surface area contributed by atoms with Gasteiger partial charge in [0.15, 0.2) is 5.76 Å². The maximum Gasteiger partial charge on any atom is 0.161 e. The number of hydrogen-bond donors (Lipinski definition) is 1. The minimum absolute atomic E-state index is 0.259. The van der Waals surface area contributed by atoms with Crippen LogP contribution in [0.15, 0.2) is 40.8 Å². The molecule has 0 aliphatic rings. The second kappa shape index (κ2) is 4.04. The van der Waals surface area contributed by atoms with E-state index in [1.807, 2.05) is 18.2 Å². The fourth-order valence-electron chi connectivity index (χ4n) is 1.24. The summed E-state index contributed by atoms with van der Waals surface area (Å²) in [5, 5.41) is 0.694. The molecule has 0 radical (unpaired) electrons. The van der Waals surface area contributed by atoms with E-state index in [1.54, 1.807) is 18.2 Å². The quantitative estimate of drug-likeness (QED) is 0.815. The fraction of sp³-hybridized carbons (Fsp3) is 0. The molecule has 0 fully saturated rings. The van der Waals surface area contributed by atoms with Crippen molar-refractivity contribution in [3.63, 3.8) is 0 Å². The normalized spacial score (nSPS) is 10.2. The lowest BCUT2D eigenvalue weighted by Crippen LogP contribution is -2.07. The molecule has 0 aliphatic heterocycles. The third kappa shape index (κ3) is 2.19. The van der Waals surface area contributed by atoms with Gasteiger partial charge < -0.3 is 10.2 Å². The molecule has 0 unspecified atom stereocenters. The second-order valence-corrected chi connectivity index (χ2v) is 3.91. The Morgan fingerprint density at radius 2 is 1.80 bits per heavy atom. The molecule has 0 amide bonds. The summed E-state index contributed by atoms with van der Waals surface area (Å²) >= 11 is 10.6. The van der Waals surface area contributed by atoms with E-state index >= 15 is 0 Å². The lowest BCUT2D eigenvalue weighted by molar-refractivity contribution is 0.573. The van der Waals surface area contributed by atoms with Crippen molar-refractivity contribution in [1.29, 1.82) is 0 Å². The van der Waals surface area contributed by atoms with Crippen LogP contribution >= 0.6 is 23.8 Å². The highest BCUT2D eigenvalue weighted by Crippen LogP contribution is 2.23. The van der Waals surface area contributed by atoms with E-state index in [0.29, 0.717) is 10.8 Å². The molecule has 4 heteroatoms. The Morgan fingerprint density at radius 1 is 1.13 bits per heavy atom. The number of furan rings is 1. The van der Waals surface area contributed by atoms with Gasteiger partial charge in [-0.05, 0) is 36.4 Å². The number of halogens is 1. The first-order valence-corrected chi connectivity index (χ1v) is 5.11. The summed E-state index contributed by atoms with van der Waals surface area (Å²) in [6.07, 6.45) is 0. The molecule has 2 rings (SSSR count). The Morgan fingerprint density at radius 3 is 2.33 bits per heavy atom. The van der Waals surface area contributed by atoms with Crippen LogP contribution in [0.5, 0.6) is 0 Å². The summed E-state index contributed by atoms with van der Waals surface area (Å²) in [7, 11) is 0. The lowest BCUT2D eigenvalue weighted by Gasteiger charge is -1.96. The van der Waals surface area contributed by atoms with Gasteiger partial charge in [0.1, 0.15) is 10.7 Å². The molecule has 0 spiro atoms. The molecule has 76 valence electrons. The van der Waals surface area contributed by atoms with Crippen LogP contribution in [0.3, 0.4) is 0 Å². The van der Waals surface area contributed by atoms with Crippen molar-refractivity contribution in [2.45, 2.75) is 0 Å². The Balaban J connectivity index is 2.37. The summed E-state index contributed by atoms with van der Waals surface area (Å²) in [6.45, 7) is 0. The molecular formula is C11H8ClNOS. The molecule has 0 atom stereocenters. The van der Waals surface area contributed by atoms with Gasteiger partial charge in [-0.1, -0.05) is 23.8 Å². The van der Waals surface area contributed by atoms with Gasteiger partial charge in [-0.2, -0.15) is 0 Å². The van der Waals surface area contributed by atoms with E-state index in [-0.39, 0.29) is 4.99 Å². The molecule has 1 aromatic carbocycles. The molecule has 0 saturated heterocycles. The minimum atomic E-state index is 0.259. The number of thiocarbonyl (C=S) groups is 1. The first-order chi connectivity index (χ1) is 7.16. The van der Waals surface area contributed by atoms with Gasteiger partial charge in [0.2, 0.25) is 0 Å². The van der Waals surface area contributed by atoms with Gasteiger partial charge in [0.25, 0.3) is 0 Å². The summed E-state index contributed by atoms with van der Waals surface area (Å²) < 4.78 is 5.46. The van der Waals surface area contributed by atoms with E-state index in [2.05, 4.69) is 0 Å². The summed E-state index contributed by atoms with van der Waals surface area (Å²) in [5.41, 5.74) is 6.39. The fourth-order valence-corrected chi connectivity index (χ4v) is 1.48. The zero-order chi connectivity index (χ0) is 10.8. The highest BCUT2D eigenvalue weighted by molar-refractivity contribution is 7.80. The van der Waals surface area contributed by atoms with Gasteiger partial charge in [0, 0.05) is 10.6 Å². The monoisotopic (exact) mass is 237 g/mol. The summed E-state index contributed by atoms with van der Waals surface area (Å²) in [4.78, 5) is 0.259. The predicted molar refractivity (Wildman–Crippen MR) is 65.0 cm³/mol. The van der Waals surface area contributed by atoms with Crippen LogP contribution in [0.4, 0.5) is 0 Å². The van der Waals surface area contributed by atoms with Crippen LogP contribution < -0.4 is 5.73 Å². The molecule has 15 heavy (non-hydrogen) atoms. The number of nitrogens with two attached hydrogens (primary N) is 1. The van der Waals surface area contributed by atoms with Crippen molar-refractivity contribution in [2.24, 2.45) is 5.73 Å². The smallest absolute Gasteiger partial charge is 0.161 e. The Kier molecular flexibility index (Phi) is 2.75. The highest BCUT2D eigenvalue weighted by Gasteiger charge is 2.05. The van der Waals surface area contributed by atoms with Gasteiger partial charge in [-0.3, -0.25) is 0 Å². The van der Waals surface area contributed by atoms with Crippen molar-refractivity contribution < 1.29 is 4.42 Å². The molecule has 0 saturated carbocycles. The first kappa shape index (κ1) is 10.2. The molecule has 1 aromatic heterocycles. The zero-order valence-electron chi connectivity index (χ0n) is 7.74. The maximum atomic E-state index is 5.78. The van der Waals surface area contributed by atoms with Crippen molar-refractivity contribution in [3.05, 3.63) is 47.2 Å². The van der Waals surface area contributed by atoms with Crippen LogP contribution in [0, 0.1) is 0 Å².